The van der Waals surface area contributed by atoms with Crippen molar-refractivity contribution in [2.45, 2.75) is 19.4 Å². The first-order chi connectivity index (χ1) is 12.6. The third kappa shape index (κ3) is 4.02. The van der Waals surface area contributed by atoms with Crippen LogP contribution in [0.1, 0.15) is 18.4 Å². The van der Waals surface area contributed by atoms with Crippen molar-refractivity contribution in [2.24, 2.45) is 5.92 Å². The second-order valence-corrected chi connectivity index (χ2v) is 6.78. The van der Waals surface area contributed by atoms with Crippen molar-refractivity contribution in [1.29, 1.82) is 0 Å². The summed E-state index contributed by atoms with van der Waals surface area (Å²) in [7, 11) is 3.45. The van der Waals surface area contributed by atoms with Gasteiger partial charge in [0.25, 0.3) is 0 Å². The van der Waals surface area contributed by atoms with Crippen LogP contribution >= 0.6 is 0 Å². The molecule has 2 amide bonds. The fourth-order valence-electron chi connectivity index (χ4n) is 3.51. The summed E-state index contributed by atoms with van der Waals surface area (Å²) in [5.41, 5.74) is 1.10. The van der Waals surface area contributed by atoms with Crippen molar-refractivity contribution < 1.29 is 14.3 Å². The molecule has 3 rings (SSSR count). The van der Waals surface area contributed by atoms with Crippen LogP contribution in [0.25, 0.3) is 10.8 Å². The van der Waals surface area contributed by atoms with E-state index in [0.717, 1.165) is 16.3 Å². The number of benzene rings is 1. The first-order valence-electron chi connectivity index (χ1n) is 8.93. The lowest BCUT2D eigenvalue weighted by Crippen LogP contribution is -2.47. The van der Waals surface area contributed by atoms with Crippen molar-refractivity contribution in [2.75, 3.05) is 33.9 Å². The minimum atomic E-state index is -0.147. The Morgan fingerprint density at radius 3 is 3.04 bits per heavy atom. The average molecular weight is 355 g/mol. The zero-order valence-electron chi connectivity index (χ0n) is 15.4. The van der Waals surface area contributed by atoms with Crippen molar-refractivity contribution in [1.82, 2.24) is 14.8 Å². The maximum absolute atomic E-state index is 12.9. The summed E-state index contributed by atoms with van der Waals surface area (Å²) in [4.78, 5) is 32.6. The van der Waals surface area contributed by atoms with E-state index in [0.29, 0.717) is 39.1 Å². The molecule has 0 spiro atoms. The van der Waals surface area contributed by atoms with Gasteiger partial charge in [0, 0.05) is 58.0 Å². The van der Waals surface area contributed by atoms with Crippen molar-refractivity contribution in [3.05, 3.63) is 42.2 Å². The second kappa shape index (κ2) is 8.27. The van der Waals surface area contributed by atoms with Crippen LogP contribution in [0.5, 0.6) is 0 Å². The molecule has 0 unspecified atom stereocenters. The van der Waals surface area contributed by atoms with E-state index >= 15 is 0 Å². The van der Waals surface area contributed by atoms with E-state index in [1.165, 1.54) is 0 Å². The number of fused-ring (bicyclic) bond motifs is 1. The van der Waals surface area contributed by atoms with Crippen LogP contribution in [0.15, 0.2) is 36.7 Å². The van der Waals surface area contributed by atoms with Gasteiger partial charge in [-0.2, -0.15) is 0 Å². The fraction of sp³-hybridized carbons (Fsp3) is 0.450. The molecule has 0 saturated carbocycles. The lowest BCUT2D eigenvalue weighted by Gasteiger charge is -2.33. The Morgan fingerprint density at radius 1 is 1.38 bits per heavy atom. The van der Waals surface area contributed by atoms with Crippen molar-refractivity contribution >= 4 is 22.6 Å². The molecule has 1 aliphatic heterocycles. The summed E-state index contributed by atoms with van der Waals surface area (Å²) < 4.78 is 5.06. The van der Waals surface area contributed by atoms with E-state index in [1.807, 2.05) is 37.5 Å². The predicted octanol–water partition coefficient (Wildman–Crippen LogP) is 2.08. The van der Waals surface area contributed by atoms with E-state index in [4.69, 9.17) is 4.74 Å². The number of piperidine rings is 1. The first-order valence-corrected chi connectivity index (χ1v) is 8.93. The smallest absolute Gasteiger partial charge is 0.227 e. The molecule has 0 bridgehead atoms. The standard InChI is InChI=1S/C20H25N3O3/c1-22(13-16-5-3-4-15-12-21-9-8-18(15)16)20(25)17-6-7-19(24)23(14-17)10-11-26-2/h3-5,8-9,12,17H,6-7,10-11,13-14H2,1-2H3/t17-/m0/s1. The number of hydrogen-bond acceptors (Lipinski definition) is 4. The van der Waals surface area contributed by atoms with Gasteiger partial charge in [-0.3, -0.25) is 14.6 Å². The van der Waals surface area contributed by atoms with Gasteiger partial charge in [0.15, 0.2) is 0 Å². The Bertz CT molecular complexity index is 787. The van der Waals surface area contributed by atoms with Gasteiger partial charge in [-0.05, 0) is 23.4 Å². The molecular weight excluding hydrogens is 330 g/mol. The Kier molecular flexibility index (Phi) is 5.83. The molecule has 6 nitrogen and oxygen atoms in total. The minimum Gasteiger partial charge on any atom is -0.383 e. The number of amides is 2. The van der Waals surface area contributed by atoms with Gasteiger partial charge in [-0.1, -0.05) is 18.2 Å². The summed E-state index contributed by atoms with van der Waals surface area (Å²) in [6, 6.07) is 8.04. The van der Waals surface area contributed by atoms with E-state index in [-0.39, 0.29) is 17.7 Å². The van der Waals surface area contributed by atoms with Crippen LogP contribution in [0.3, 0.4) is 0 Å². The molecule has 6 heteroatoms. The number of ether oxygens (including phenoxy) is 1. The lowest BCUT2D eigenvalue weighted by atomic mass is 9.95. The number of methoxy groups -OCH3 is 1. The van der Waals surface area contributed by atoms with Gasteiger partial charge in [0.2, 0.25) is 11.8 Å². The number of rotatable bonds is 6. The third-order valence-corrected chi connectivity index (χ3v) is 4.97. The number of aromatic nitrogens is 1. The van der Waals surface area contributed by atoms with Gasteiger partial charge in [-0.25, -0.2) is 0 Å². The maximum atomic E-state index is 12.9. The lowest BCUT2D eigenvalue weighted by molar-refractivity contribution is -0.143. The Labute approximate surface area is 153 Å². The highest BCUT2D eigenvalue weighted by Crippen LogP contribution is 2.22. The molecular formula is C20H25N3O3. The Hall–Kier alpha value is -2.47. The summed E-state index contributed by atoms with van der Waals surface area (Å²) in [6.07, 6.45) is 4.65. The summed E-state index contributed by atoms with van der Waals surface area (Å²) in [6.45, 7) is 2.05. The third-order valence-electron chi connectivity index (χ3n) is 4.97. The van der Waals surface area contributed by atoms with Crippen LogP contribution in [0, 0.1) is 5.92 Å². The largest absolute Gasteiger partial charge is 0.383 e. The van der Waals surface area contributed by atoms with Gasteiger partial charge < -0.3 is 14.5 Å². The zero-order valence-corrected chi connectivity index (χ0v) is 15.4. The van der Waals surface area contributed by atoms with Crippen LogP contribution in [0.4, 0.5) is 0 Å². The monoisotopic (exact) mass is 355 g/mol. The molecule has 1 fully saturated rings. The Morgan fingerprint density at radius 2 is 2.23 bits per heavy atom. The summed E-state index contributed by atoms with van der Waals surface area (Å²) in [5, 5.41) is 2.18. The molecule has 138 valence electrons. The van der Waals surface area contributed by atoms with Gasteiger partial charge in [-0.15, -0.1) is 0 Å². The number of carbonyl (C=O) groups is 2. The highest BCUT2D eigenvalue weighted by molar-refractivity contribution is 5.86. The molecule has 0 aliphatic carbocycles. The molecule has 1 saturated heterocycles. The fourth-order valence-corrected chi connectivity index (χ4v) is 3.51. The Balaban J connectivity index is 1.68. The van der Waals surface area contributed by atoms with Crippen LogP contribution in [-0.2, 0) is 20.9 Å². The van der Waals surface area contributed by atoms with Crippen LogP contribution in [-0.4, -0.2) is 60.5 Å². The molecule has 26 heavy (non-hydrogen) atoms. The first kappa shape index (κ1) is 18.3. The normalized spacial score (nSPS) is 17.5. The predicted molar refractivity (Wildman–Crippen MR) is 99.4 cm³/mol. The highest BCUT2D eigenvalue weighted by Gasteiger charge is 2.31. The quantitative estimate of drug-likeness (QED) is 0.796. The molecule has 0 N–H and O–H groups in total. The van der Waals surface area contributed by atoms with E-state index in [1.54, 1.807) is 23.1 Å². The molecule has 1 aliphatic rings. The number of carbonyl (C=O) groups excluding carboxylic acids is 2. The molecule has 1 aromatic heterocycles. The maximum Gasteiger partial charge on any atom is 0.227 e. The summed E-state index contributed by atoms with van der Waals surface area (Å²) in [5.74, 6) is 0.0486. The van der Waals surface area contributed by atoms with Gasteiger partial charge >= 0.3 is 0 Å². The molecule has 0 radical (unpaired) electrons. The summed E-state index contributed by atoms with van der Waals surface area (Å²) >= 11 is 0. The van der Waals surface area contributed by atoms with Crippen LogP contribution < -0.4 is 0 Å². The van der Waals surface area contributed by atoms with Crippen molar-refractivity contribution in [3.8, 4) is 0 Å². The SMILES string of the molecule is COCCN1C[C@@H](C(=O)N(C)Cc2cccc3cnccc23)CCC1=O. The second-order valence-electron chi connectivity index (χ2n) is 6.78. The highest BCUT2D eigenvalue weighted by atomic mass is 16.5. The average Bonchev–Trinajstić information content (AvgIpc) is 2.67. The molecule has 2 heterocycles. The van der Waals surface area contributed by atoms with Crippen molar-refractivity contribution in [3.63, 3.8) is 0 Å². The van der Waals surface area contributed by atoms with E-state index in [9.17, 15) is 9.59 Å². The number of likely N-dealkylation sites (tertiary alicyclic amines) is 1. The van der Waals surface area contributed by atoms with Gasteiger partial charge in [0.05, 0.1) is 12.5 Å². The molecule has 1 atom stereocenters. The topological polar surface area (TPSA) is 62.7 Å². The van der Waals surface area contributed by atoms with E-state index in [2.05, 4.69) is 4.98 Å². The number of pyridine rings is 1. The van der Waals surface area contributed by atoms with E-state index < -0.39 is 0 Å². The molecule has 1 aromatic carbocycles. The van der Waals surface area contributed by atoms with Crippen LogP contribution in [0.2, 0.25) is 0 Å². The van der Waals surface area contributed by atoms with Gasteiger partial charge in [0.1, 0.15) is 0 Å². The number of hydrogen-bond donors (Lipinski definition) is 0. The zero-order chi connectivity index (χ0) is 18.5. The molecule has 2 aromatic rings. The number of nitrogens with zero attached hydrogens (tertiary/aromatic N) is 3. The minimum absolute atomic E-state index is 0.0889.